The fraction of sp³-hybridized carbons (Fsp3) is 0.267. The molecule has 6 heteroatoms. The van der Waals surface area contributed by atoms with Crippen molar-refractivity contribution in [3.05, 3.63) is 46.6 Å². The van der Waals surface area contributed by atoms with Crippen LogP contribution in [0.25, 0.3) is 0 Å². The number of amides is 1. The van der Waals surface area contributed by atoms with Gasteiger partial charge in [-0.1, -0.05) is 17.7 Å². The van der Waals surface area contributed by atoms with Gasteiger partial charge in [0.2, 0.25) is 0 Å². The van der Waals surface area contributed by atoms with Gasteiger partial charge in [0.1, 0.15) is 0 Å². The maximum atomic E-state index is 11.8. The van der Waals surface area contributed by atoms with Crippen LogP contribution in [0.15, 0.2) is 30.3 Å². The molecular formula is C15H17ClN4O. The molecule has 0 fully saturated rings. The predicted octanol–water partition coefficient (Wildman–Crippen LogP) is 3.32. The third kappa shape index (κ3) is 4.16. The highest BCUT2D eigenvalue weighted by Gasteiger charge is 2.09. The average molecular weight is 305 g/mol. The number of hydrogen-bond donors (Lipinski definition) is 2. The molecule has 1 heterocycles. The maximum Gasteiger partial charge on any atom is 0.271 e. The first-order valence-corrected chi connectivity index (χ1v) is 7.01. The highest BCUT2D eigenvalue weighted by molar-refractivity contribution is 6.31. The van der Waals surface area contributed by atoms with Crippen molar-refractivity contribution < 1.29 is 4.79 Å². The second kappa shape index (κ2) is 6.54. The van der Waals surface area contributed by atoms with E-state index in [-0.39, 0.29) is 17.6 Å². The summed E-state index contributed by atoms with van der Waals surface area (Å²) in [6, 6.07) is 9.04. The Morgan fingerprint density at radius 3 is 2.52 bits per heavy atom. The Hall–Kier alpha value is -2.14. The molecule has 2 N–H and O–H groups in total. The third-order valence-electron chi connectivity index (χ3n) is 2.76. The van der Waals surface area contributed by atoms with Gasteiger partial charge >= 0.3 is 0 Å². The van der Waals surface area contributed by atoms with E-state index in [0.717, 1.165) is 11.3 Å². The Morgan fingerprint density at radius 1 is 1.19 bits per heavy atom. The maximum absolute atomic E-state index is 11.8. The fourth-order valence-corrected chi connectivity index (χ4v) is 1.86. The van der Waals surface area contributed by atoms with Gasteiger partial charge in [0.05, 0.1) is 0 Å². The second-order valence-electron chi connectivity index (χ2n) is 5.02. The van der Waals surface area contributed by atoms with Gasteiger partial charge in [-0.25, -0.2) is 0 Å². The van der Waals surface area contributed by atoms with Crippen LogP contribution in [-0.4, -0.2) is 22.1 Å². The normalized spacial score (nSPS) is 10.5. The number of nitrogens with one attached hydrogen (secondary N) is 2. The smallest absolute Gasteiger partial charge is 0.271 e. The SMILES string of the molecule is Cc1ccc(Nc2ccc(C(=O)NC(C)C)nn2)cc1Cl. The van der Waals surface area contributed by atoms with E-state index in [0.29, 0.717) is 10.8 Å². The van der Waals surface area contributed by atoms with E-state index >= 15 is 0 Å². The van der Waals surface area contributed by atoms with Crippen molar-refractivity contribution in [1.82, 2.24) is 15.5 Å². The van der Waals surface area contributed by atoms with Crippen LogP contribution in [0, 0.1) is 6.92 Å². The minimum Gasteiger partial charge on any atom is -0.348 e. The molecule has 5 nitrogen and oxygen atoms in total. The van der Waals surface area contributed by atoms with Crippen molar-refractivity contribution in [3.63, 3.8) is 0 Å². The number of halogens is 1. The van der Waals surface area contributed by atoms with Gasteiger partial charge in [0.25, 0.3) is 5.91 Å². The van der Waals surface area contributed by atoms with E-state index in [1.54, 1.807) is 12.1 Å². The molecule has 0 bridgehead atoms. The minimum atomic E-state index is -0.234. The van der Waals surface area contributed by atoms with Crippen molar-refractivity contribution >= 4 is 29.0 Å². The molecule has 0 aliphatic heterocycles. The summed E-state index contributed by atoms with van der Waals surface area (Å²) in [4.78, 5) is 11.8. The lowest BCUT2D eigenvalue weighted by atomic mass is 10.2. The Balaban J connectivity index is 2.08. The molecule has 0 saturated carbocycles. The quantitative estimate of drug-likeness (QED) is 0.909. The number of carbonyl (C=O) groups is 1. The van der Waals surface area contributed by atoms with Gasteiger partial charge in [0.15, 0.2) is 11.5 Å². The first-order chi connectivity index (χ1) is 9.95. The molecule has 110 valence electrons. The van der Waals surface area contributed by atoms with Crippen molar-refractivity contribution in [2.24, 2.45) is 0 Å². The van der Waals surface area contributed by atoms with Crippen molar-refractivity contribution in [1.29, 1.82) is 0 Å². The molecule has 0 aliphatic carbocycles. The summed E-state index contributed by atoms with van der Waals surface area (Å²) in [7, 11) is 0. The zero-order valence-corrected chi connectivity index (χ0v) is 12.9. The third-order valence-corrected chi connectivity index (χ3v) is 3.17. The van der Waals surface area contributed by atoms with E-state index in [4.69, 9.17) is 11.6 Å². The summed E-state index contributed by atoms with van der Waals surface area (Å²) in [5.74, 6) is 0.318. The zero-order chi connectivity index (χ0) is 15.4. The van der Waals surface area contributed by atoms with E-state index < -0.39 is 0 Å². The number of aryl methyl sites for hydroxylation is 1. The lowest BCUT2D eigenvalue weighted by molar-refractivity contribution is 0.0937. The predicted molar refractivity (Wildman–Crippen MR) is 84.1 cm³/mol. The van der Waals surface area contributed by atoms with Crippen LogP contribution in [-0.2, 0) is 0 Å². The Bertz CT molecular complexity index is 641. The van der Waals surface area contributed by atoms with Crippen molar-refractivity contribution in [2.45, 2.75) is 26.8 Å². The van der Waals surface area contributed by atoms with Gasteiger partial charge in [-0.2, -0.15) is 0 Å². The standard InChI is InChI=1S/C15H17ClN4O/c1-9(2)17-15(21)13-6-7-14(20-19-13)18-11-5-4-10(3)12(16)8-11/h4-9H,1-3H3,(H,17,21)(H,18,20). The Morgan fingerprint density at radius 2 is 1.95 bits per heavy atom. The molecule has 0 atom stereocenters. The van der Waals surface area contributed by atoms with Crippen LogP contribution < -0.4 is 10.6 Å². The lowest BCUT2D eigenvalue weighted by Gasteiger charge is -2.09. The molecule has 2 aromatic rings. The van der Waals surface area contributed by atoms with Crippen molar-refractivity contribution in [2.75, 3.05) is 5.32 Å². The van der Waals surface area contributed by atoms with Crippen LogP contribution in [0.4, 0.5) is 11.5 Å². The monoisotopic (exact) mass is 304 g/mol. The highest BCUT2D eigenvalue weighted by Crippen LogP contribution is 2.22. The molecule has 0 saturated heterocycles. The van der Waals surface area contributed by atoms with Gasteiger partial charge in [-0.15, -0.1) is 10.2 Å². The van der Waals surface area contributed by atoms with Crippen LogP contribution in [0.3, 0.4) is 0 Å². The molecular weight excluding hydrogens is 288 g/mol. The first-order valence-electron chi connectivity index (χ1n) is 6.63. The average Bonchev–Trinajstić information content (AvgIpc) is 2.43. The first kappa shape index (κ1) is 15.3. The molecule has 0 unspecified atom stereocenters. The number of hydrogen-bond acceptors (Lipinski definition) is 4. The molecule has 0 spiro atoms. The number of rotatable bonds is 4. The number of benzene rings is 1. The number of nitrogens with zero attached hydrogens (tertiary/aromatic N) is 2. The topological polar surface area (TPSA) is 66.9 Å². The molecule has 1 aromatic carbocycles. The van der Waals surface area contributed by atoms with E-state index in [1.165, 1.54) is 0 Å². The number of carbonyl (C=O) groups excluding carboxylic acids is 1. The molecule has 1 amide bonds. The van der Waals surface area contributed by atoms with E-state index in [2.05, 4.69) is 20.8 Å². The molecule has 21 heavy (non-hydrogen) atoms. The highest BCUT2D eigenvalue weighted by atomic mass is 35.5. The van der Waals surface area contributed by atoms with Crippen LogP contribution in [0.1, 0.15) is 29.9 Å². The molecule has 0 aliphatic rings. The second-order valence-corrected chi connectivity index (χ2v) is 5.43. The van der Waals surface area contributed by atoms with Gasteiger partial charge in [0, 0.05) is 16.8 Å². The molecule has 1 aromatic heterocycles. The lowest BCUT2D eigenvalue weighted by Crippen LogP contribution is -2.30. The zero-order valence-electron chi connectivity index (χ0n) is 12.1. The summed E-state index contributed by atoms with van der Waals surface area (Å²) < 4.78 is 0. The summed E-state index contributed by atoms with van der Waals surface area (Å²) >= 11 is 6.07. The molecule has 2 rings (SSSR count). The van der Waals surface area contributed by atoms with Crippen LogP contribution in [0.2, 0.25) is 5.02 Å². The summed E-state index contributed by atoms with van der Waals surface area (Å²) in [5, 5.41) is 14.4. The van der Waals surface area contributed by atoms with Gasteiger partial charge in [-0.3, -0.25) is 4.79 Å². The van der Waals surface area contributed by atoms with Crippen LogP contribution >= 0.6 is 11.6 Å². The number of anilines is 2. The minimum absolute atomic E-state index is 0.0619. The van der Waals surface area contributed by atoms with Crippen molar-refractivity contribution in [3.8, 4) is 0 Å². The summed E-state index contributed by atoms with van der Waals surface area (Å²) in [6.45, 7) is 5.72. The van der Waals surface area contributed by atoms with Gasteiger partial charge in [-0.05, 0) is 50.6 Å². The number of aromatic nitrogens is 2. The van der Waals surface area contributed by atoms with E-state index in [9.17, 15) is 4.79 Å². The summed E-state index contributed by atoms with van der Waals surface area (Å²) in [5.41, 5.74) is 2.12. The Kier molecular flexibility index (Phi) is 4.75. The van der Waals surface area contributed by atoms with Gasteiger partial charge < -0.3 is 10.6 Å². The summed E-state index contributed by atoms with van der Waals surface area (Å²) in [6.07, 6.45) is 0. The largest absolute Gasteiger partial charge is 0.348 e. The molecule has 0 radical (unpaired) electrons. The van der Waals surface area contributed by atoms with Crippen LogP contribution in [0.5, 0.6) is 0 Å². The Labute approximate surface area is 128 Å². The fourth-order valence-electron chi connectivity index (χ4n) is 1.67. The van der Waals surface area contributed by atoms with E-state index in [1.807, 2.05) is 39.0 Å².